The van der Waals surface area contributed by atoms with Gasteiger partial charge in [0, 0.05) is 17.5 Å². The van der Waals surface area contributed by atoms with E-state index in [9.17, 15) is 4.79 Å². The molecule has 108 valence electrons. The van der Waals surface area contributed by atoms with E-state index < -0.39 is 0 Å². The van der Waals surface area contributed by atoms with Crippen molar-refractivity contribution in [3.05, 3.63) is 90.9 Å². The summed E-state index contributed by atoms with van der Waals surface area (Å²) in [5, 5.41) is 0. The molecule has 0 saturated heterocycles. The van der Waals surface area contributed by atoms with E-state index in [4.69, 9.17) is 4.42 Å². The molecule has 0 aliphatic rings. The van der Waals surface area contributed by atoms with Gasteiger partial charge in [0.15, 0.2) is 0 Å². The van der Waals surface area contributed by atoms with Crippen LogP contribution in [-0.4, -0.2) is 5.91 Å². The lowest BCUT2D eigenvalue weighted by molar-refractivity contribution is -0.113. The first-order valence-corrected chi connectivity index (χ1v) is 7.00. The zero-order valence-electron chi connectivity index (χ0n) is 11.9. The van der Waals surface area contributed by atoms with E-state index in [0.717, 1.165) is 11.4 Å². The minimum absolute atomic E-state index is 0.131. The van der Waals surface area contributed by atoms with Crippen LogP contribution in [-0.2, 0) is 4.79 Å². The molecule has 0 atom stereocenters. The summed E-state index contributed by atoms with van der Waals surface area (Å²) in [5.74, 6) is 0.517. The third-order valence-electron chi connectivity index (χ3n) is 3.18. The van der Waals surface area contributed by atoms with Gasteiger partial charge in [0.1, 0.15) is 5.76 Å². The number of anilines is 2. The molecule has 0 bridgehead atoms. The molecule has 0 radical (unpaired) electrons. The molecule has 1 heterocycles. The van der Waals surface area contributed by atoms with E-state index in [2.05, 4.69) is 0 Å². The fourth-order valence-corrected chi connectivity index (χ4v) is 2.17. The van der Waals surface area contributed by atoms with Gasteiger partial charge in [0.2, 0.25) is 0 Å². The van der Waals surface area contributed by atoms with Crippen LogP contribution in [0.15, 0.2) is 89.6 Å². The first-order valence-electron chi connectivity index (χ1n) is 7.00. The number of para-hydroxylation sites is 2. The van der Waals surface area contributed by atoms with Crippen molar-refractivity contribution in [3.8, 4) is 0 Å². The maximum Gasteiger partial charge on any atom is 0.255 e. The van der Waals surface area contributed by atoms with Crippen LogP contribution in [0.5, 0.6) is 0 Å². The van der Waals surface area contributed by atoms with Crippen LogP contribution in [0.4, 0.5) is 11.4 Å². The lowest BCUT2D eigenvalue weighted by Gasteiger charge is -2.21. The fourth-order valence-electron chi connectivity index (χ4n) is 2.17. The molecule has 0 spiro atoms. The highest BCUT2D eigenvalue weighted by Crippen LogP contribution is 2.25. The molecule has 3 heteroatoms. The Bertz CT molecular complexity index is 707. The number of amides is 1. The van der Waals surface area contributed by atoms with Gasteiger partial charge >= 0.3 is 0 Å². The van der Waals surface area contributed by atoms with Crippen molar-refractivity contribution in [1.29, 1.82) is 0 Å². The van der Waals surface area contributed by atoms with Gasteiger partial charge in [-0.25, -0.2) is 0 Å². The fraction of sp³-hybridized carbons (Fsp3) is 0. The summed E-state index contributed by atoms with van der Waals surface area (Å²) < 4.78 is 5.22. The van der Waals surface area contributed by atoms with Crippen LogP contribution in [0.3, 0.4) is 0 Å². The zero-order valence-corrected chi connectivity index (χ0v) is 11.9. The lowest BCUT2D eigenvalue weighted by atomic mass is 10.2. The van der Waals surface area contributed by atoms with E-state index in [1.165, 1.54) is 6.08 Å². The summed E-state index contributed by atoms with van der Waals surface area (Å²) in [4.78, 5) is 14.3. The second-order valence-corrected chi connectivity index (χ2v) is 4.69. The van der Waals surface area contributed by atoms with E-state index in [1.807, 2.05) is 60.7 Å². The van der Waals surface area contributed by atoms with Crippen molar-refractivity contribution < 1.29 is 9.21 Å². The van der Waals surface area contributed by atoms with Crippen LogP contribution >= 0.6 is 0 Å². The van der Waals surface area contributed by atoms with Gasteiger partial charge in [-0.3, -0.25) is 9.69 Å². The maximum absolute atomic E-state index is 12.6. The van der Waals surface area contributed by atoms with Gasteiger partial charge in [-0.1, -0.05) is 36.4 Å². The molecule has 0 N–H and O–H groups in total. The van der Waals surface area contributed by atoms with Gasteiger partial charge < -0.3 is 4.42 Å². The number of benzene rings is 2. The molecular formula is C19H15NO2. The van der Waals surface area contributed by atoms with E-state index in [0.29, 0.717) is 5.76 Å². The lowest BCUT2D eigenvalue weighted by Crippen LogP contribution is -2.23. The number of furan rings is 1. The molecule has 2 aromatic carbocycles. The highest BCUT2D eigenvalue weighted by Gasteiger charge is 2.15. The number of carbonyl (C=O) groups is 1. The molecule has 0 saturated carbocycles. The molecule has 22 heavy (non-hydrogen) atoms. The molecular weight excluding hydrogens is 274 g/mol. The number of hydrogen-bond acceptors (Lipinski definition) is 2. The molecule has 0 unspecified atom stereocenters. The van der Waals surface area contributed by atoms with Gasteiger partial charge in [-0.05, 0) is 42.5 Å². The van der Waals surface area contributed by atoms with E-state index in [-0.39, 0.29) is 5.91 Å². The smallest absolute Gasteiger partial charge is 0.255 e. The predicted molar refractivity (Wildman–Crippen MR) is 87.8 cm³/mol. The second-order valence-electron chi connectivity index (χ2n) is 4.69. The van der Waals surface area contributed by atoms with E-state index in [1.54, 1.807) is 29.4 Å². The van der Waals surface area contributed by atoms with E-state index >= 15 is 0 Å². The highest BCUT2D eigenvalue weighted by atomic mass is 16.3. The number of rotatable bonds is 4. The maximum atomic E-state index is 12.6. The Morgan fingerprint density at radius 2 is 1.41 bits per heavy atom. The van der Waals surface area contributed by atoms with Gasteiger partial charge in [0.05, 0.1) is 6.26 Å². The Labute approximate surface area is 129 Å². The highest BCUT2D eigenvalue weighted by molar-refractivity contribution is 6.08. The molecule has 1 amide bonds. The summed E-state index contributed by atoms with van der Waals surface area (Å²) in [7, 11) is 0. The Hall–Kier alpha value is -3.07. The van der Waals surface area contributed by atoms with Crippen LogP contribution < -0.4 is 4.90 Å². The molecule has 3 rings (SSSR count). The van der Waals surface area contributed by atoms with Crippen molar-refractivity contribution in [2.75, 3.05) is 4.90 Å². The van der Waals surface area contributed by atoms with Gasteiger partial charge in [-0.2, -0.15) is 0 Å². The Morgan fingerprint density at radius 3 is 1.91 bits per heavy atom. The summed E-state index contributed by atoms with van der Waals surface area (Å²) in [6, 6.07) is 22.7. The van der Waals surface area contributed by atoms with Crippen molar-refractivity contribution >= 4 is 23.4 Å². The SMILES string of the molecule is O=C(C=Cc1ccco1)N(c1ccccc1)c1ccccc1. The average molecular weight is 289 g/mol. The quantitative estimate of drug-likeness (QED) is 0.655. The topological polar surface area (TPSA) is 33.5 Å². The standard InChI is InChI=1S/C19H15NO2/c21-19(14-13-18-12-7-15-22-18)20(16-8-3-1-4-9-16)17-10-5-2-6-11-17/h1-15H. The van der Waals surface area contributed by atoms with Crippen LogP contribution in [0.1, 0.15) is 5.76 Å². The van der Waals surface area contributed by atoms with Gasteiger partial charge in [-0.15, -0.1) is 0 Å². The van der Waals surface area contributed by atoms with Crippen molar-refractivity contribution in [2.45, 2.75) is 0 Å². The summed E-state index contributed by atoms with van der Waals surface area (Å²) in [6.07, 6.45) is 4.76. The first kappa shape index (κ1) is 13.9. The summed E-state index contributed by atoms with van der Waals surface area (Å²) in [6.45, 7) is 0. The van der Waals surface area contributed by atoms with Gasteiger partial charge in [0.25, 0.3) is 5.91 Å². The number of hydrogen-bond donors (Lipinski definition) is 0. The minimum atomic E-state index is -0.131. The summed E-state index contributed by atoms with van der Waals surface area (Å²) in [5.41, 5.74) is 1.64. The number of nitrogens with zero attached hydrogens (tertiary/aromatic N) is 1. The zero-order chi connectivity index (χ0) is 15.2. The Morgan fingerprint density at radius 1 is 0.818 bits per heavy atom. The predicted octanol–water partition coefficient (Wildman–Crippen LogP) is 4.66. The third kappa shape index (κ3) is 3.15. The van der Waals surface area contributed by atoms with Crippen molar-refractivity contribution in [2.24, 2.45) is 0 Å². The number of carbonyl (C=O) groups excluding carboxylic acids is 1. The largest absolute Gasteiger partial charge is 0.465 e. The molecule has 0 aliphatic heterocycles. The van der Waals surface area contributed by atoms with Crippen LogP contribution in [0, 0.1) is 0 Å². The average Bonchev–Trinajstić information content (AvgIpc) is 3.09. The molecule has 1 aromatic heterocycles. The normalized spacial score (nSPS) is 10.7. The Balaban J connectivity index is 1.93. The summed E-state index contributed by atoms with van der Waals surface area (Å²) >= 11 is 0. The van der Waals surface area contributed by atoms with Crippen LogP contribution in [0.25, 0.3) is 6.08 Å². The molecule has 0 aliphatic carbocycles. The molecule has 3 aromatic rings. The monoisotopic (exact) mass is 289 g/mol. The van der Waals surface area contributed by atoms with Crippen molar-refractivity contribution in [3.63, 3.8) is 0 Å². The molecule has 3 nitrogen and oxygen atoms in total. The van der Waals surface area contributed by atoms with Crippen molar-refractivity contribution in [1.82, 2.24) is 0 Å². The second kappa shape index (κ2) is 6.59. The Kier molecular flexibility index (Phi) is 4.16. The third-order valence-corrected chi connectivity index (χ3v) is 3.18. The first-order chi connectivity index (χ1) is 10.8. The van der Waals surface area contributed by atoms with Crippen LogP contribution in [0.2, 0.25) is 0 Å². The molecule has 0 fully saturated rings. The minimum Gasteiger partial charge on any atom is -0.465 e.